The lowest BCUT2D eigenvalue weighted by Gasteiger charge is -2.33. The van der Waals surface area contributed by atoms with Crippen molar-refractivity contribution in [3.63, 3.8) is 0 Å². The molecular weight excluding hydrogens is 432 g/mol. The molecule has 1 aliphatic heterocycles. The number of hydrogen-bond donors (Lipinski definition) is 2. The Morgan fingerprint density at radius 2 is 1.62 bits per heavy atom. The number of unbranched alkanes of at least 4 members (excludes halogenated alkanes) is 2. The van der Waals surface area contributed by atoms with Gasteiger partial charge in [0, 0.05) is 25.4 Å². The van der Waals surface area contributed by atoms with E-state index in [0.717, 1.165) is 25.7 Å². The van der Waals surface area contributed by atoms with Gasteiger partial charge in [0.15, 0.2) is 0 Å². The normalized spacial score (nSPS) is 17.1. The van der Waals surface area contributed by atoms with Crippen molar-refractivity contribution in [2.24, 2.45) is 0 Å². The number of ether oxygens (including phenoxy) is 1. The van der Waals surface area contributed by atoms with Crippen molar-refractivity contribution >= 4 is 18.0 Å². The van der Waals surface area contributed by atoms with Crippen molar-refractivity contribution in [1.29, 1.82) is 0 Å². The van der Waals surface area contributed by atoms with E-state index in [9.17, 15) is 19.5 Å². The van der Waals surface area contributed by atoms with Crippen molar-refractivity contribution in [1.82, 2.24) is 10.2 Å². The molecule has 0 aromatic heterocycles. The number of alkyl carbamates (subject to hydrolysis) is 1. The van der Waals surface area contributed by atoms with Crippen LogP contribution in [0.3, 0.4) is 0 Å². The molecule has 7 heteroatoms. The maximum absolute atomic E-state index is 12.4. The number of piperidine rings is 1. The van der Waals surface area contributed by atoms with Gasteiger partial charge in [-0.3, -0.25) is 4.79 Å². The van der Waals surface area contributed by atoms with Gasteiger partial charge in [-0.05, 0) is 54.4 Å². The van der Waals surface area contributed by atoms with Crippen LogP contribution >= 0.6 is 0 Å². The predicted octanol–water partition coefficient (Wildman–Crippen LogP) is 4.55. The van der Waals surface area contributed by atoms with Crippen molar-refractivity contribution in [2.45, 2.75) is 56.9 Å². The molecule has 180 valence electrons. The number of amides is 2. The molecule has 1 fully saturated rings. The molecule has 0 spiro atoms. The maximum atomic E-state index is 12.4. The SMILES string of the molecule is O=C(NCCCCCC(=O)N1CCCC[C@H]1C(=O)O)OCC1c2ccccc2-c2ccccc21. The average molecular weight is 465 g/mol. The number of nitrogens with zero attached hydrogens (tertiary/aromatic N) is 1. The van der Waals surface area contributed by atoms with Gasteiger partial charge in [0.1, 0.15) is 12.6 Å². The largest absolute Gasteiger partial charge is 0.480 e. The summed E-state index contributed by atoms with van der Waals surface area (Å²) in [4.78, 5) is 37.5. The number of fused-ring (bicyclic) bond motifs is 3. The summed E-state index contributed by atoms with van der Waals surface area (Å²) in [5, 5.41) is 12.1. The zero-order valence-electron chi connectivity index (χ0n) is 19.4. The van der Waals surface area contributed by atoms with Crippen LogP contribution in [0.25, 0.3) is 11.1 Å². The number of carboxylic acids is 1. The van der Waals surface area contributed by atoms with Crippen LogP contribution in [0.2, 0.25) is 0 Å². The molecule has 2 N–H and O–H groups in total. The van der Waals surface area contributed by atoms with Gasteiger partial charge in [-0.25, -0.2) is 9.59 Å². The fraction of sp³-hybridized carbons (Fsp3) is 0.444. The Morgan fingerprint density at radius 3 is 2.29 bits per heavy atom. The summed E-state index contributed by atoms with van der Waals surface area (Å²) in [5.74, 6) is -0.967. The third-order valence-electron chi connectivity index (χ3n) is 6.79. The predicted molar refractivity (Wildman–Crippen MR) is 129 cm³/mol. The van der Waals surface area contributed by atoms with Crippen molar-refractivity contribution in [2.75, 3.05) is 19.7 Å². The number of aliphatic carboxylic acids is 1. The number of carbonyl (C=O) groups is 3. The number of carbonyl (C=O) groups excluding carboxylic acids is 2. The fourth-order valence-corrected chi connectivity index (χ4v) is 5.05. The van der Waals surface area contributed by atoms with Gasteiger partial charge < -0.3 is 20.1 Å². The molecule has 0 bridgehead atoms. The number of benzene rings is 2. The number of nitrogens with one attached hydrogen (secondary N) is 1. The zero-order chi connectivity index (χ0) is 23.9. The van der Waals surface area contributed by atoms with Crippen molar-refractivity contribution < 1.29 is 24.2 Å². The van der Waals surface area contributed by atoms with E-state index >= 15 is 0 Å². The highest BCUT2D eigenvalue weighted by Gasteiger charge is 2.31. The lowest BCUT2D eigenvalue weighted by molar-refractivity contribution is -0.152. The fourth-order valence-electron chi connectivity index (χ4n) is 5.05. The molecule has 2 aliphatic rings. The topological polar surface area (TPSA) is 95.9 Å². The first kappa shape index (κ1) is 23.8. The summed E-state index contributed by atoms with van der Waals surface area (Å²) < 4.78 is 5.53. The van der Waals surface area contributed by atoms with Crippen LogP contribution in [0.15, 0.2) is 48.5 Å². The van der Waals surface area contributed by atoms with Crippen LogP contribution in [0, 0.1) is 0 Å². The lowest BCUT2D eigenvalue weighted by Crippen LogP contribution is -2.47. The van der Waals surface area contributed by atoms with Gasteiger partial charge in [0.25, 0.3) is 0 Å². The van der Waals surface area contributed by atoms with E-state index in [-0.39, 0.29) is 18.4 Å². The Labute approximate surface area is 200 Å². The molecule has 7 nitrogen and oxygen atoms in total. The van der Waals surface area contributed by atoms with Gasteiger partial charge >= 0.3 is 12.1 Å². The zero-order valence-corrected chi connectivity index (χ0v) is 19.4. The molecule has 2 aromatic carbocycles. The first-order valence-electron chi connectivity index (χ1n) is 12.2. The first-order chi connectivity index (χ1) is 16.6. The summed E-state index contributed by atoms with van der Waals surface area (Å²) >= 11 is 0. The highest BCUT2D eigenvalue weighted by molar-refractivity contribution is 5.84. The minimum atomic E-state index is -0.916. The second-order valence-corrected chi connectivity index (χ2v) is 9.00. The Hall–Kier alpha value is -3.35. The Kier molecular flexibility index (Phi) is 7.83. The quantitative estimate of drug-likeness (QED) is 0.531. The summed E-state index contributed by atoms with van der Waals surface area (Å²) in [7, 11) is 0. The highest BCUT2D eigenvalue weighted by Crippen LogP contribution is 2.44. The maximum Gasteiger partial charge on any atom is 0.407 e. The monoisotopic (exact) mass is 464 g/mol. The van der Waals surface area contributed by atoms with Crippen LogP contribution in [-0.2, 0) is 14.3 Å². The number of carboxylic acid groups (broad SMARTS) is 1. The number of likely N-dealkylation sites (tertiary alicyclic amines) is 1. The van der Waals surface area contributed by atoms with Crippen LogP contribution in [0.4, 0.5) is 4.79 Å². The molecule has 34 heavy (non-hydrogen) atoms. The van der Waals surface area contributed by atoms with Crippen molar-refractivity contribution in [3.05, 3.63) is 59.7 Å². The Balaban J connectivity index is 1.15. The van der Waals surface area contributed by atoms with Crippen LogP contribution in [-0.4, -0.2) is 53.7 Å². The van der Waals surface area contributed by atoms with Gasteiger partial charge in [0.05, 0.1) is 0 Å². The molecule has 1 saturated heterocycles. The second-order valence-electron chi connectivity index (χ2n) is 9.00. The summed E-state index contributed by atoms with van der Waals surface area (Å²) in [6, 6.07) is 15.8. The summed E-state index contributed by atoms with van der Waals surface area (Å²) in [6.07, 6.45) is 4.34. The van der Waals surface area contributed by atoms with Crippen LogP contribution < -0.4 is 5.32 Å². The van der Waals surface area contributed by atoms with E-state index < -0.39 is 18.1 Å². The molecule has 0 unspecified atom stereocenters. The molecule has 2 aromatic rings. The van der Waals surface area contributed by atoms with E-state index in [1.165, 1.54) is 27.2 Å². The van der Waals surface area contributed by atoms with Gasteiger partial charge in [-0.15, -0.1) is 0 Å². The number of rotatable bonds is 9. The smallest absolute Gasteiger partial charge is 0.407 e. The van der Waals surface area contributed by atoms with Crippen LogP contribution in [0.5, 0.6) is 0 Å². The van der Waals surface area contributed by atoms with E-state index in [0.29, 0.717) is 32.4 Å². The molecule has 0 saturated carbocycles. The van der Waals surface area contributed by atoms with Gasteiger partial charge in [0.2, 0.25) is 5.91 Å². The first-order valence-corrected chi connectivity index (χ1v) is 12.2. The lowest BCUT2D eigenvalue weighted by atomic mass is 9.98. The third kappa shape index (κ3) is 5.41. The van der Waals surface area contributed by atoms with Gasteiger partial charge in [-0.1, -0.05) is 55.0 Å². The van der Waals surface area contributed by atoms with E-state index in [2.05, 4.69) is 29.6 Å². The van der Waals surface area contributed by atoms with Gasteiger partial charge in [-0.2, -0.15) is 0 Å². The molecule has 2 amide bonds. The molecular formula is C27H32N2O5. The minimum Gasteiger partial charge on any atom is -0.480 e. The molecule has 1 heterocycles. The van der Waals surface area contributed by atoms with Crippen LogP contribution in [0.1, 0.15) is 62.0 Å². The summed E-state index contributed by atoms with van der Waals surface area (Å²) in [6.45, 7) is 1.29. The van der Waals surface area contributed by atoms with E-state index in [1.54, 1.807) is 0 Å². The second kappa shape index (κ2) is 11.2. The Bertz CT molecular complexity index is 992. The van der Waals surface area contributed by atoms with E-state index in [1.807, 2.05) is 24.3 Å². The summed E-state index contributed by atoms with van der Waals surface area (Å²) in [5.41, 5.74) is 4.75. The number of hydrogen-bond acceptors (Lipinski definition) is 4. The van der Waals surface area contributed by atoms with E-state index in [4.69, 9.17) is 4.74 Å². The average Bonchev–Trinajstić information content (AvgIpc) is 3.18. The Morgan fingerprint density at radius 1 is 0.941 bits per heavy atom. The standard InChI is InChI=1S/C27H32N2O5/c30-25(29-17-9-7-14-24(29)26(31)32)15-2-1-8-16-28-27(33)34-18-23-21-12-5-3-10-19(21)20-11-4-6-13-22(20)23/h3-6,10-13,23-24H,1-2,7-9,14-18H2,(H,28,33)(H,31,32)/t24-/m0/s1. The third-order valence-corrected chi connectivity index (χ3v) is 6.79. The van der Waals surface area contributed by atoms with Crippen molar-refractivity contribution in [3.8, 4) is 11.1 Å². The molecule has 1 atom stereocenters. The molecule has 0 radical (unpaired) electrons. The minimum absolute atomic E-state index is 0.0357. The molecule has 1 aliphatic carbocycles. The molecule has 4 rings (SSSR count). The highest BCUT2D eigenvalue weighted by atomic mass is 16.5.